The number of amides is 2. The van der Waals surface area contributed by atoms with E-state index >= 15 is 0 Å². The largest absolute Gasteiger partial charge is 0.494 e. The Balaban J connectivity index is 1.83. The maximum atomic E-state index is 12.6. The molecule has 0 aliphatic carbocycles. The Kier molecular flexibility index (Phi) is 6.29. The van der Waals surface area contributed by atoms with Crippen molar-refractivity contribution in [3.05, 3.63) is 40.8 Å². The monoisotopic (exact) mass is 416 g/mol. The van der Waals surface area contributed by atoms with E-state index in [0.717, 1.165) is 5.39 Å². The lowest BCUT2D eigenvalue weighted by atomic mass is 10.0. The molecular formula is C21H24N2O7. The van der Waals surface area contributed by atoms with Crippen LogP contribution in [-0.2, 0) is 14.3 Å². The van der Waals surface area contributed by atoms with Crippen LogP contribution in [0.2, 0.25) is 0 Å². The number of rotatable bonds is 7. The van der Waals surface area contributed by atoms with Gasteiger partial charge in [0.2, 0.25) is 5.76 Å². The van der Waals surface area contributed by atoms with Gasteiger partial charge in [0.05, 0.1) is 30.5 Å². The average Bonchev–Trinajstić information content (AvgIpc) is 3.02. The summed E-state index contributed by atoms with van der Waals surface area (Å²) in [5, 5.41) is 5.83. The van der Waals surface area contributed by atoms with Crippen molar-refractivity contribution in [1.82, 2.24) is 10.6 Å². The Morgan fingerprint density at radius 1 is 1.13 bits per heavy atom. The van der Waals surface area contributed by atoms with Gasteiger partial charge in [-0.05, 0) is 45.9 Å². The van der Waals surface area contributed by atoms with Crippen molar-refractivity contribution in [2.75, 3.05) is 19.8 Å². The number of carbonyl (C=O) groups is 3. The molecule has 0 radical (unpaired) electrons. The predicted molar refractivity (Wildman–Crippen MR) is 107 cm³/mol. The fourth-order valence-electron chi connectivity index (χ4n) is 3.25. The topological polar surface area (TPSA) is 116 Å². The van der Waals surface area contributed by atoms with Crippen LogP contribution in [-0.4, -0.2) is 43.8 Å². The zero-order valence-corrected chi connectivity index (χ0v) is 17.3. The molecule has 9 heteroatoms. The highest BCUT2D eigenvalue weighted by molar-refractivity contribution is 5.97. The van der Waals surface area contributed by atoms with Crippen molar-refractivity contribution in [2.24, 2.45) is 0 Å². The van der Waals surface area contributed by atoms with Gasteiger partial charge in [-0.15, -0.1) is 0 Å². The number of nitrogens with one attached hydrogen (secondary N) is 2. The van der Waals surface area contributed by atoms with Crippen LogP contribution >= 0.6 is 0 Å². The quantitative estimate of drug-likeness (QED) is 0.667. The molecule has 0 fully saturated rings. The first-order valence-corrected chi connectivity index (χ1v) is 9.66. The van der Waals surface area contributed by atoms with Gasteiger partial charge < -0.3 is 29.3 Å². The number of aryl methyl sites for hydroxylation is 1. The molecule has 1 aliphatic heterocycles. The maximum Gasteiger partial charge on any atom is 0.374 e. The van der Waals surface area contributed by atoms with E-state index < -0.39 is 24.0 Å². The fourth-order valence-corrected chi connectivity index (χ4v) is 3.25. The number of furan rings is 1. The molecule has 2 N–H and O–H groups in total. The van der Waals surface area contributed by atoms with E-state index in [4.69, 9.17) is 18.6 Å². The van der Waals surface area contributed by atoms with E-state index in [1.165, 1.54) is 0 Å². The Morgan fingerprint density at radius 3 is 2.60 bits per heavy atom. The van der Waals surface area contributed by atoms with Crippen molar-refractivity contribution in [2.45, 2.75) is 33.7 Å². The van der Waals surface area contributed by atoms with Crippen molar-refractivity contribution < 1.29 is 33.0 Å². The number of fused-ring (bicyclic) bond motifs is 1. The highest BCUT2D eigenvalue weighted by Gasteiger charge is 2.31. The molecule has 1 atom stereocenters. The number of benzene rings is 1. The van der Waals surface area contributed by atoms with Crippen LogP contribution in [0.3, 0.4) is 0 Å². The summed E-state index contributed by atoms with van der Waals surface area (Å²) in [5.41, 5.74) is 1.51. The van der Waals surface area contributed by atoms with Gasteiger partial charge in [0.15, 0.2) is 0 Å². The Labute approximate surface area is 173 Å². The zero-order valence-electron chi connectivity index (χ0n) is 17.3. The molecule has 2 amide bonds. The van der Waals surface area contributed by atoms with Gasteiger partial charge >= 0.3 is 18.0 Å². The van der Waals surface area contributed by atoms with Gasteiger partial charge in [-0.3, -0.25) is 0 Å². The van der Waals surface area contributed by atoms with Gasteiger partial charge in [-0.25, -0.2) is 14.4 Å². The summed E-state index contributed by atoms with van der Waals surface area (Å²) < 4.78 is 21.5. The van der Waals surface area contributed by atoms with Gasteiger partial charge in [0.25, 0.3) is 0 Å². The molecule has 1 aromatic heterocycles. The minimum Gasteiger partial charge on any atom is -0.494 e. The fraction of sp³-hybridized carbons (Fsp3) is 0.381. The van der Waals surface area contributed by atoms with Crippen molar-refractivity contribution in [3.8, 4) is 5.75 Å². The molecule has 9 nitrogen and oxygen atoms in total. The van der Waals surface area contributed by atoms with Crippen molar-refractivity contribution in [1.29, 1.82) is 0 Å². The minimum atomic E-state index is -0.710. The van der Waals surface area contributed by atoms with E-state index in [1.807, 2.05) is 6.92 Å². The van der Waals surface area contributed by atoms with Gasteiger partial charge in [-0.2, -0.15) is 0 Å². The molecule has 0 saturated heterocycles. The number of ether oxygens (including phenoxy) is 3. The average molecular weight is 416 g/mol. The molecule has 2 heterocycles. The third kappa shape index (κ3) is 4.24. The van der Waals surface area contributed by atoms with E-state index in [2.05, 4.69) is 10.6 Å². The minimum absolute atomic E-state index is 0.0465. The van der Waals surface area contributed by atoms with Crippen LogP contribution in [0.25, 0.3) is 11.0 Å². The molecule has 1 aromatic carbocycles. The van der Waals surface area contributed by atoms with Crippen LogP contribution in [0.4, 0.5) is 4.79 Å². The van der Waals surface area contributed by atoms with Crippen molar-refractivity contribution >= 4 is 28.9 Å². The van der Waals surface area contributed by atoms with E-state index in [0.29, 0.717) is 23.5 Å². The summed E-state index contributed by atoms with van der Waals surface area (Å²) in [5.74, 6) is -0.584. The molecule has 1 unspecified atom stereocenters. The van der Waals surface area contributed by atoms with E-state index in [9.17, 15) is 14.4 Å². The second kappa shape index (κ2) is 8.89. The first-order chi connectivity index (χ1) is 14.3. The Hall–Kier alpha value is -3.49. The highest BCUT2D eigenvalue weighted by Crippen LogP contribution is 2.29. The highest BCUT2D eigenvalue weighted by atomic mass is 16.5. The molecule has 3 rings (SSSR count). The summed E-state index contributed by atoms with van der Waals surface area (Å²) in [7, 11) is 0. The van der Waals surface area contributed by atoms with E-state index in [1.54, 1.807) is 39.0 Å². The number of hydrogen-bond acceptors (Lipinski definition) is 7. The van der Waals surface area contributed by atoms with Crippen LogP contribution in [0.5, 0.6) is 5.75 Å². The van der Waals surface area contributed by atoms with Crippen LogP contribution in [0, 0.1) is 6.92 Å². The van der Waals surface area contributed by atoms with Crippen molar-refractivity contribution in [3.63, 3.8) is 0 Å². The maximum absolute atomic E-state index is 12.6. The lowest BCUT2D eigenvalue weighted by molar-refractivity contribution is -0.139. The summed E-state index contributed by atoms with van der Waals surface area (Å²) in [6.45, 7) is 7.34. The standard InChI is InChI=1S/C21H24N2O7/c1-5-27-13-7-8-16-14(9-13)11(3)18(30-16)20(25)29-10-15-17(19(24)28-6-2)12(4)22-21(26)23-15/h7-9,12H,5-6,10H2,1-4H3,(H2,22,23,26). The number of carbonyl (C=O) groups excluding carboxylic acids is 3. The molecular weight excluding hydrogens is 392 g/mol. The smallest absolute Gasteiger partial charge is 0.374 e. The number of esters is 2. The Bertz CT molecular complexity index is 1020. The van der Waals surface area contributed by atoms with E-state index in [-0.39, 0.29) is 30.2 Å². The summed E-state index contributed by atoms with van der Waals surface area (Å²) in [4.78, 5) is 36.7. The molecule has 0 bridgehead atoms. The van der Waals surface area contributed by atoms with Crippen LogP contribution in [0.1, 0.15) is 36.9 Å². The first-order valence-electron chi connectivity index (χ1n) is 9.66. The van der Waals surface area contributed by atoms with Crippen LogP contribution in [0.15, 0.2) is 33.9 Å². The Morgan fingerprint density at radius 2 is 1.90 bits per heavy atom. The molecule has 160 valence electrons. The van der Waals surface area contributed by atoms with Gasteiger partial charge in [-0.1, -0.05) is 0 Å². The summed E-state index contributed by atoms with van der Waals surface area (Å²) in [6, 6.07) is 4.19. The molecule has 0 spiro atoms. The van der Waals surface area contributed by atoms with Gasteiger partial charge in [0, 0.05) is 10.9 Å². The lowest BCUT2D eigenvalue weighted by Crippen LogP contribution is -2.50. The number of hydrogen-bond donors (Lipinski definition) is 2. The molecule has 0 saturated carbocycles. The SMILES string of the molecule is CCOC(=O)C1=C(COC(=O)c2oc3ccc(OCC)cc3c2C)NC(=O)NC1C. The third-order valence-corrected chi connectivity index (χ3v) is 4.62. The van der Waals surface area contributed by atoms with Gasteiger partial charge in [0.1, 0.15) is 17.9 Å². The normalized spacial score (nSPS) is 16.1. The third-order valence-electron chi connectivity index (χ3n) is 4.62. The summed E-state index contributed by atoms with van der Waals surface area (Å²) in [6.07, 6.45) is 0. The molecule has 2 aromatic rings. The zero-order chi connectivity index (χ0) is 21.8. The molecule has 1 aliphatic rings. The molecule has 30 heavy (non-hydrogen) atoms. The number of urea groups is 1. The lowest BCUT2D eigenvalue weighted by Gasteiger charge is -2.26. The van der Waals surface area contributed by atoms with Crippen LogP contribution < -0.4 is 15.4 Å². The predicted octanol–water partition coefficient (Wildman–Crippen LogP) is 2.82. The second-order valence-electron chi connectivity index (χ2n) is 6.66. The second-order valence-corrected chi connectivity index (χ2v) is 6.66. The summed E-state index contributed by atoms with van der Waals surface area (Å²) >= 11 is 0. The first kappa shape index (κ1) is 21.2.